The Morgan fingerprint density at radius 3 is 2.32 bits per heavy atom. The second kappa shape index (κ2) is 6.09. The zero-order valence-corrected chi connectivity index (χ0v) is 15.7. The Morgan fingerprint density at radius 1 is 1.09 bits per heavy atom. The lowest BCUT2D eigenvalue weighted by atomic mass is 9.57. The number of hydrogen-bond acceptors (Lipinski definition) is 2. The van der Waals surface area contributed by atoms with Crippen molar-refractivity contribution in [3.63, 3.8) is 0 Å². The molecule has 130 valence electrons. The van der Waals surface area contributed by atoms with Gasteiger partial charge in [0.15, 0.2) is 0 Å². The molecule has 2 heteroatoms. The van der Waals surface area contributed by atoms with Crippen LogP contribution < -0.4 is 0 Å². The minimum absolute atomic E-state index is 0.0737. The molecular weight excluding hydrogens is 272 g/mol. The van der Waals surface area contributed by atoms with Gasteiger partial charge in [0.25, 0.3) is 0 Å². The maximum absolute atomic E-state index is 10.4. The lowest BCUT2D eigenvalue weighted by Crippen LogP contribution is -2.44. The second-order valence-corrected chi connectivity index (χ2v) is 9.85. The summed E-state index contributed by atoms with van der Waals surface area (Å²) < 4.78 is 0. The van der Waals surface area contributed by atoms with Gasteiger partial charge in [-0.15, -0.1) is 0 Å². The highest BCUT2D eigenvalue weighted by molar-refractivity contribution is 5.03. The van der Waals surface area contributed by atoms with Crippen LogP contribution in [0.4, 0.5) is 0 Å². The van der Waals surface area contributed by atoms with Crippen LogP contribution >= 0.6 is 0 Å². The van der Waals surface area contributed by atoms with Crippen molar-refractivity contribution in [3.8, 4) is 0 Å². The first-order valence-electron chi connectivity index (χ1n) is 9.38. The molecule has 0 aromatic heterocycles. The lowest BCUT2D eigenvalue weighted by Gasteiger charge is -2.48. The summed E-state index contributed by atoms with van der Waals surface area (Å²) in [6.07, 6.45) is 7.79. The van der Waals surface area contributed by atoms with Gasteiger partial charge in [-0.3, -0.25) is 0 Å². The Labute approximate surface area is 137 Å². The van der Waals surface area contributed by atoms with E-state index >= 15 is 0 Å². The maximum atomic E-state index is 10.4. The van der Waals surface area contributed by atoms with E-state index in [-0.39, 0.29) is 11.5 Å². The van der Waals surface area contributed by atoms with Gasteiger partial charge in [-0.25, -0.2) is 0 Å². The molecule has 0 amide bonds. The van der Waals surface area contributed by atoms with E-state index in [1.807, 2.05) is 13.8 Å². The molecule has 5 atom stereocenters. The quantitative estimate of drug-likeness (QED) is 0.767. The van der Waals surface area contributed by atoms with E-state index < -0.39 is 5.60 Å². The van der Waals surface area contributed by atoms with Gasteiger partial charge < -0.3 is 10.2 Å². The van der Waals surface area contributed by atoms with Crippen molar-refractivity contribution in [2.45, 2.75) is 98.2 Å². The highest BCUT2D eigenvalue weighted by atomic mass is 16.3. The van der Waals surface area contributed by atoms with Gasteiger partial charge in [0.1, 0.15) is 0 Å². The van der Waals surface area contributed by atoms with Crippen LogP contribution in [0.5, 0.6) is 0 Å². The van der Waals surface area contributed by atoms with Crippen LogP contribution in [0.15, 0.2) is 0 Å². The molecule has 0 aromatic carbocycles. The molecule has 0 aromatic rings. The smallest absolute Gasteiger partial charge is 0.0592 e. The zero-order valence-electron chi connectivity index (χ0n) is 15.7. The molecule has 0 heterocycles. The summed E-state index contributed by atoms with van der Waals surface area (Å²) in [5, 5.41) is 20.5. The van der Waals surface area contributed by atoms with Crippen molar-refractivity contribution in [2.24, 2.45) is 28.6 Å². The standard InChI is InChI=1S/C20H38O2/c1-14(18(2,3)12-13-19(4,5)22)15-9-10-16-17(21)8-7-11-20(15,16)6/h14-17,21-22H,7-13H2,1-6H3/t14-,15?,16?,17-,20+/m0/s1. The molecule has 0 aliphatic heterocycles. The highest BCUT2D eigenvalue weighted by Gasteiger charge is 2.54. The molecule has 0 bridgehead atoms. The van der Waals surface area contributed by atoms with Gasteiger partial charge in [-0.05, 0) is 81.0 Å². The van der Waals surface area contributed by atoms with Crippen molar-refractivity contribution < 1.29 is 10.2 Å². The summed E-state index contributed by atoms with van der Waals surface area (Å²) in [4.78, 5) is 0. The van der Waals surface area contributed by atoms with Gasteiger partial charge >= 0.3 is 0 Å². The average Bonchev–Trinajstić information content (AvgIpc) is 2.73. The largest absolute Gasteiger partial charge is 0.393 e. The third-order valence-electron chi connectivity index (χ3n) is 7.38. The predicted octanol–water partition coefficient (Wildman–Crippen LogP) is 4.78. The average molecular weight is 311 g/mol. The van der Waals surface area contributed by atoms with E-state index in [1.165, 1.54) is 25.7 Å². The number of hydrogen-bond donors (Lipinski definition) is 2. The summed E-state index contributed by atoms with van der Waals surface area (Å²) in [7, 11) is 0. The van der Waals surface area contributed by atoms with E-state index in [1.54, 1.807) is 0 Å². The van der Waals surface area contributed by atoms with Crippen molar-refractivity contribution in [1.29, 1.82) is 0 Å². The Hall–Kier alpha value is -0.0800. The molecule has 0 saturated heterocycles. The van der Waals surface area contributed by atoms with Gasteiger partial charge in [0.2, 0.25) is 0 Å². The van der Waals surface area contributed by atoms with E-state index in [0.717, 1.165) is 19.3 Å². The lowest BCUT2D eigenvalue weighted by molar-refractivity contribution is -0.0450. The minimum Gasteiger partial charge on any atom is -0.393 e. The summed E-state index contributed by atoms with van der Waals surface area (Å²) in [5.41, 5.74) is -0.00577. The van der Waals surface area contributed by atoms with Crippen LogP contribution in [0.25, 0.3) is 0 Å². The Morgan fingerprint density at radius 2 is 1.73 bits per heavy atom. The highest BCUT2D eigenvalue weighted by Crippen LogP contribution is 2.60. The van der Waals surface area contributed by atoms with E-state index in [2.05, 4.69) is 27.7 Å². The van der Waals surface area contributed by atoms with Gasteiger partial charge in [0.05, 0.1) is 11.7 Å². The first-order chi connectivity index (χ1) is 9.97. The first-order valence-corrected chi connectivity index (χ1v) is 9.38. The second-order valence-electron chi connectivity index (χ2n) is 9.85. The summed E-state index contributed by atoms with van der Waals surface area (Å²) in [6.45, 7) is 13.4. The number of aliphatic hydroxyl groups is 2. The van der Waals surface area contributed by atoms with Crippen LogP contribution in [0.1, 0.15) is 86.5 Å². The summed E-state index contributed by atoms with van der Waals surface area (Å²) >= 11 is 0. The van der Waals surface area contributed by atoms with Gasteiger partial charge in [0, 0.05) is 0 Å². The maximum Gasteiger partial charge on any atom is 0.0592 e. The van der Waals surface area contributed by atoms with Gasteiger partial charge in [-0.2, -0.15) is 0 Å². The third-order valence-corrected chi connectivity index (χ3v) is 7.38. The van der Waals surface area contributed by atoms with Crippen molar-refractivity contribution in [3.05, 3.63) is 0 Å². The normalized spacial score (nSPS) is 37.9. The van der Waals surface area contributed by atoms with Crippen LogP contribution in [0, 0.1) is 28.6 Å². The fourth-order valence-electron chi connectivity index (χ4n) is 5.41. The van der Waals surface area contributed by atoms with Crippen LogP contribution in [-0.4, -0.2) is 21.9 Å². The first kappa shape index (κ1) is 18.3. The number of aliphatic hydroxyl groups excluding tert-OH is 1. The van der Waals surface area contributed by atoms with Gasteiger partial charge in [-0.1, -0.05) is 34.1 Å². The molecule has 2 rings (SSSR count). The van der Waals surface area contributed by atoms with E-state index in [4.69, 9.17) is 0 Å². The van der Waals surface area contributed by atoms with Crippen LogP contribution in [0.2, 0.25) is 0 Å². The Balaban J connectivity index is 2.10. The predicted molar refractivity (Wildman–Crippen MR) is 92.7 cm³/mol. The molecular formula is C20H38O2. The van der Waals surface area contributed by atoms with Crippen LogP contribution in [0.3, 0.4) is 0 Å². The SMILES string of the molecule is C[C@@H](C1CCC2[C@@H](O)CCC[C@@]21C)C(C)(C)CCC(C)(C)O. The molecule has 2 saturated carbocycles. The fraction of sp³-hybridized carbons (Fsp3) is 1.00. The topological polar surface area (TPSA) is 40.5 Å². The van der Waals surface area contributed by atoms with E-state index in [0.29, 0.717) is 23.2 Å². The molecule has 2 aliphatic rings. The van der Waals surface area contributed by atoms with Crippen molar-refractivity contribution >= 4 is 0 Å². The summed E-state index contributed by atoms with van der Waals surface area (Å²) in [6, 6.07) is 0. The van der Waals surface area contributed by atoms with Crippen molar-refractivity contribution in [1.82, 2.24) is 0 Å². The fourth-order valence-corrected chi connectivity index (χ4v) is 5.41. The Kier molecular flexibility index (Phi) is 5.06. The van der Waals surface area contributed by atoms with Crippen molar-refractivity contribution in [2.75, 3.05) is 0 Å². The van der Waals surface area contributed by atoms with Crippen LogP contribution in [-0.2, 0) is 0 Å². The monoisotopic (exact) mass is 310 g/mol. The molecule has 0 spiro atoms. The molecule has 2 fully saturated rings. The molecule has 0 radical (unpaired) electrons. The summed E-state index contributed by atoms with van der Waals surface area (Å²) in [5.74, 6) is 1.86. The molecule has 22 heavy (non-hydrogen) atoms. The molecule has 2 nitrogen and oxygen atoms in total. The third kappa shape index (κ3) is 3.53. The Bertz CT molecular complexity index is 382. The number of rotatable bonds is 5. The zero-order chi connectivity index (χ0) is 16.8. The molecule has 2 unspecified atom stereocenters. The molecule has 2 N–H and O–H groups in total. The number of fused-ring (bicyclic) bond motifs is 1. The van der Waals surface area contributed by atoms with E-state index in [9.17, 15) is 10.2 Å². The molecule has 2 aliphatic carbocycles. The minimum atomic E-state index is -0.569.